The number of Topliss-reactive ketones (excluding diaryl/α,β-unsaturated/α-hetero) is 1. The number of hydrogen-bond donors (Lipinski definition) is 1. The molecule has 0 amide bonds. The molecule has 3 nitrogen and oxygen atoms in total. The summed E-state index contributed by atoms with van der Waals surface area (Å²) in [6, 6.07) is 12.2. The summed E-state index contributed by atoms with van der Waals surface area (Å²) in [5.41, 5.74) is 3.51. The smallest absolute Gasteiger partial charge is 0.162 e. The van der Waals surface area contributed by atoms with Crippen LogP contribution < -0.4 is 5.32 Å². The molecule has 2 aromatic rings. The van der Waals surface area contributed by atoms with Gasteiger partial charge in [0.15, 0.2) is 5.78 Å². The number of ketones is 1. The number of benzene rings is 1. The number of rotatable bonds is 1. The number of halogens is 1. The highest BCUT2D eigenvalue weighted by Crippen LogP contribution is 2.53. The van der Waals surface area contributed by atoms with Crippen LogP contribution in [0.1, 0.15) is 44.7 Å². The molecule has 4 heteroatoms. The third-order valence-corrected chi connectivity index (χ3v) is 6.06. The molecule has 0 bridgehead atoms. The number of anilines is 1. The lowest BCUT2D eigenvalue weighted by molar-refractivity contribution is -0.118. The van der Waals surface area contributed by atoms with Gasteiger partial charge in [-0.25, -0.2) is 4.98 Å². The Hall–Kier alpha value is -1.94. The van der Waals surface area contributed by atoms with Crippen molar-refractivity contribution in [1.82, 2.24) is 4.98 Å². The monoisotopic (exact) mass is 396 g/mol. The fourth-order valence-corrected chi connectivity index (χ4v) is 5.05. The Kier molecular flexibility index (Phi) is 3.66. The van der Waals surface area contributed by atoms with Crippen LogP contribution in [0.5, 0.6) is 0 Å². The Bertz CT molecular complexity index is 901. The average Bonchev–Trinajstić information content (AvgIpc) is 2.53. The number of carbonyl (C=O) groups excluding carboxylic acids is 1. The Labute approximate surface area is 156 Å². The Balaban J connectivity index is 2.05. The van der Waals surface area contributed by atoms with E-state index in [0.29, 0.717) is 6.42 Å². The maximum atomic E-state index is 13.2. The predicted octanol–water partition coefficient (Wildman–Crippen LogP) is 5.22. The van der Waals surface area contributed by atoms with E-state index in [-0.39, 0.29) is 11.2 Å². The largest absolute Gasteiger partial charge is 0.343 e. The number of aromatic nitrogens is 1. The predicted molar refractivity (Wildman–Crippen MR) is 104 cm³/mol. The van der Waals surface area contributed by atoms with E-state index in [1.165, 1.54) is 0 Å². The van der Waals surface area contributed by atoms with Crippen molar-refractivity contribution >= 4 is 27.5 Å². The van der Waals surface area contributed by atoms with Gasteiger partial charge in [0, 0.05) is 33.9 Å². The molecular weight excluding hydrogens is 376 g/mol. The van der Waals surface area contributed by atoms with Crippen LogP contribution in [-0.4, -0.2) is 10.8 Å². The molecule has 1 atom stereocenters. The summed E-state index contributed by atoms with van der Waals surface area (Å²) in [4.78, 5) is 17.8. The van der Waals surface area contributed by atoms with Crippen LogP contribution in [-0.2, 0) is 10.2 Å². The molecule has 25 heavy (non-hydrogen) atoms. The number of hydrogen-bond acceptors (Lipinski definition) is 3. The fraction of sp³-hybridized carbons (Fsp3) is 0.333. The molecule has 1 aromatic heterocycles. The minimum atomic E-state index is -0.516. The van der Waals surface area contributed by atoms with Gasteiger partial charge in [-0.3, -0.25) is 4.79 Å². The molecule has 4 rings (SSSR count). The average molecular weight is 397 g/mol. The van der Waals surface area contributed by atoms with Crippen LogP contribution in [0.4, 0.5) is 5.82 Å². The standard InChI is InChI=1S/C21H21BrN2O/c1-20(2)11-15-18(16(25)12-20)21(3,13-7-5-4-6-8-13)17-14(22)9-10-23-19(17)24-15/h4-10H,11-12H2,1-3H3,(H,23,24)/t21-/m1/s1. The van der Waals surface area contributed by atoms with Crippen LogP contribution in [0.25, 0.3) is 0 Å². The number of nitrogens with one attached hydrogen (secondary N) is 1. The zero-order valence-electron chi connectivity index (χ0n) is 14.7. The molecule has 1 N–H and O–H groups in total. The van der Waals surface area contributed by atoms with Crippen molar-refractivity contribution in [2.45, 2.75) is 39.0 Å². The van der Waals surface area contributed by atoms with Gasteiger partial charge in [0.1, 0.15) is 5.82 Å². The topological polar surface area (TPSA) is 42.0 Å². The number of fused-ring (bicyclic) bond motifs is 1. The van der Waals surface area contributed by atoms with Gasteiger partial charge < -0.3 is 5.32 Å². The lowest BCUT2D eigenvalue weighted by atomic mass is 9.62. The lowest BCUT2D eigenvalue weighted by Gasteiger charge is -2.44. The van der Waals surface area contributed by atoms with Crippen molar-refractivity contribution in [3.8, 4) is 0 Å². The SMILES string of the molecule is CC1(C)CC(=O)C2=C(C1)Nc1nccc(Br)c1[C@@]2(C)c1ccccc1. The molecular formula is C21H21BrN2O. The van der Waals surface area contributed by atoms with E-state index in [0.717, 1.165) is 39.1 Å². The third-order valence-electron chi connectivity index (χ3n) is 5.40. The van der Waals surface area contributed by atoms with Gasteiger partial charge in [-0.2, -0.15) is 0 Å². The summed E-state index contributed by atoms with van der Waals surface area (Å²) in [7, 11) is 0. The van der Waals surface area contributed by atoms with E-state index in [2.05, 4.69) is 59.1 Å². The van der Waals surface area contributed by atoms with E-state index >= 15 is 0 Å². The van der Waals surface area contributed by atoms with Crippen molar-refractivity contribution in [2.75, 3.05) is 5.32 Å². The summed E-state index contributed by atoms with van der Waals surface area (Å²) in [5, 5.41) is 3.47. The molecule has 0 unspecified atom stereocenters. The second-order valence-corrected chi connectivity index (χ2v) is 8.78. The van der Waals surface area contributed by atoms with Gasteiger partial charge in [0.25, 0.3) is 0 Å². The molecule has 1 aromatic carbocycles. The minimum Gasteiger partial charge on any atom is -0.343 e. The highest BCUT2D eigenvalue weighted by atomic mass is 79.9. The molecule has 2 heterocycles. The van der Waals surface area contributed by atoms with Crippen molar-refractivity contribution in [2.24, 2.45) is 5.41 Å². The van der Waals surface area contributed by atoms with E-state index < -0.39 is 5.41 Å². The number of allylic oxidation sites excluding steroid dienone is 2. The lowest BCUT2D eigenvalue weighted by Crippen LogP contribution is -2.42. The highest BCUT2D eigenvalue weighted by molar-refractivity contribution is 9.10. The zero-order chi connectivity index (χ0) is 17.8. The molecule has 1 aliphatic heterocycles. The first-order valence-electron chi connectivity index (χ1n) is 8.57. The van der Waals surface area contributed by atoms with Crippen molar-refractivity contribution in [3.63, 3.8) is 0 Å². The molecule has 0 spiro atoms. The van der Waals surface area contributed by atoms with E-state index in [1.807, 2.05) is 24.3 Å². The van der Waals surface area contributed by atoms with Crippen LogP contribution in [0.3, 0.4) is 0 Å². The van der Waals surface area contributed by atoms with Crippen molar-refractivity contribution in [3.05, 3.63) is 69.5 Å². The third kappa shape index (κ3) is 2.46. The van der Waals surface area contributed by atoms with Crippen LogP contribution in [0.15, 0.2) is 58.3 Å². The first kappa shape index (κ1) is 16.5. The Morgan fingerprint density at radius 3 is 2.52 bits per heavy atom. The molecule has 1 aliphatic carbocycles. The van der Waals surface area contributed by atoms with Gasteiger partial charge >= 0.3 is 0 Å². The Morgan fingerprint density at radius 2 is 1.80 bits per heavy atom. The molecule has 2 aliphatic rings. The quantitative estimate of drug-likeness (QED) is 0.718. The van der Waals surface area contributed by atoms with Gasteiger partial charge in [0.2, 0.25) is 0 Å². The molecule has 0 fully saturated rings. The summed E-state index contributed by atoms with van der Waals surface area (Å²) in [6.07, 6.45) is 3.22. The second-order valence-electron chi connectivity index (χ2n) is 7.93. The van der Waals surface area contributed by atoms with Gasteiger partial charge in [-0.15, -0.1) is 0 Å². The molecule has 0 radical (unpaired) electrons. The van der Waals surface area contributed by atoms with Gasteiger partial charge in [-0.1, -0.05) is 60.1 Å². The molecule has 0 saturated carbocycles. The van der Waals surface area contributed by atoms with Crippen LogP contribution in [0, 0.1) is 5.41 Å². The second kappa shape index (κ2) is 5.53. The summed E-state index contributed by atoms with van der Waals surface area (Å²) in [6.45, 7) is 6.46. The molecule has 128 valence electrons. The summed E-state index contributed by atoms with van der Waals surface area (Å²) in [5.74, 6) is 1.07. The zero-order valence-corrected chi connectivity index (χ0v) is 16.3. The highest BCUT2D eigenvalue weighted by Gasteiger charge is 2.48. The summed E-state index contributed by atoms with van der Waals surface area (Å²) < 4.78 is 0.973. The first-order valence-corrected chi connectivity index (χ1v) is 9.36. The maximum Gasteiger partial charge on any atom is 0.162 e. The van der Waals surface area contributed by atoms with E-state index in [4.69, 9.17) is 0 Å². The van der Waals surface area contributed by atoms with Crippen molar-refractivity contribution < 1.29 is 4.79 Å². The first-order chi connectivity index (χ1) is 11.8. The van der Waals surface area contributed by atoms with Crippen LogP contribution >= 0.6 is 15.9 Å². The van der Waals surface area contributed by atoms with Gasteiger partial charge in [0.05, 0.1) is 5.41 Å². The fourth-order valence-electron chi connectivity index (χ4n) is 4.34. The van der Waals surface area contributed by atoms with E-state index in [1.54, 1.807) is 6.20 Å². The number of carbonyl (C=O) groups is 1. The Morgan fingerprint density at radius 1 is 1.08 bits per heavy atom. The van der Waals surface area contributed by atoms with Gasteiger partial charge in [-0.05, 0) is 30.4 Å². The van der Waals surface area contributed by atoms with Crippen molar-refractivity contribution in [1.29, 1.82) is 0 Å². The summed E-state index contributed by atoms with van der Waals surface area (Å²) >= 11 is 3.70. The molecule has 0 saturated heterocycles. The van der Waals surface area contributed by atoms with E-state index in [9.17, 15) is 4.79 Å². The minimum absolute atomic E-state index is 0.0377. The van der Waals surface area contributed by atoms with Crippen LogP contribution in [0.2, 0.25) is 0 Å². The maximum absolute atomic E-state index is 13.2. The number of pyridine rings is 1. The number of nitrogens with zero attached hydrogens (tertiary/aromatic N) is 1. The normalized spacial score (nSPS) is 24.4.